The van der Waals surface area contributed by atoms with Gasteiger partial charge < -0.3 is 9.27 Å². The van der Waals surface area contributed by atoms with Gasteiger partial charge in [0.05, 0.1) is 5.69 Å². The molecule has 3 nitrogen and oxygen atoms in total. The molecule has 1 aromatic rings. The molecular formula is C10H14NNaO2S-. The second-order valence-electron chi connectivity index (χ2n) is 3.53. The van der Waals surface area contributed by atoms with Crippen molar-refractivity contribution in [2.75, 3.05) is 4.72 Å². The SMILES string of the molecule is Cc1cccc(C(C)C)c1NS(=O)[O-].[Na]. The summed E-state index contributed by atoms with van der Waals surface area (Å²) < 4.78 is 23.6. The average Bonchev–Trinajstić information content (AvgIpc) is 2.07. The van der Waals surface area contributed by atoms with Crippen molar-refractivity contribution in [2.45, 2.75) is 26.7 Å². The third-order valence-corrected chi connectivity index (χ3v) is 2.48. The van der Waals surface area contributed by atoms with Crippen LogP contribution in [0.25, 0.3) is 0 Å². The van der Waals surface area contributed by atoms with Gasteiger partial charge in [0.15, 0.2) is 0 Å². The standard InChI is InChI=1S/C10H15NO2S.Na/c1-7(2)9-6-4-5-8(3)10(9)11-14(12)13;/h4-7,11H,1-3H3,(H,12,13);/p-1. The molecule has 0 aliphatic heterocycles. The topological polar surface area (TPSA) is 52.2 Å². The van der Waals surface area contributed by atoms with Crippen molar-refractivity contribution in [1.29, 1.82) is 0 Å². The van der Waals surface area contributed by atoms with Gasteiger partial charge >= 0.3 is 0 Å². The van der Waals surface area contributed by atoms with Crippen LogP contribution in [-0.4, -0.2) is 38.3 Å². The fraction of sp³-hybridized carbons (Fsp3) is 0.400. The third-order valence-electron chi connectivity index (χ3n) is 2.11. The summed E-state index contributed by atoms with van der Waals surface area (Å²) in [7, 11) is 0. The van der Waals surface area contributed by atoms with Gasteiger partial charge in [0.1, 0.15) is 0 Å². The zero-order chi connectivity index (χ0) is 10.7. The molecule has 0 aliphatic carbocycles. The Bertz CT molecular complexity index is 355. The van der Waals surface area contributed by atoms with Crippen LogP contribution in [-0.2, 0) is 11.3 Å². The van der Waals surface area contributed by atoms with Gasteiger partial charge in [-0.15, -0.1) is 0 Å². The van der Waals surface area contributed by atoms with Crippen LogP contribution in [0.5, 0.6) is 0 Å². The number of hydrogen-bond donors (Lipinski definition) is 1. The quantitative estimate of drug-likeness (QED) is 0.643. The molecule has 1 aromatic carbocycles. The number of hydrogen-bond acceptors (Lipinski definition) is 2. The molecule has 0 amide bonds. The summed E-state index contributed by atoms with van der Waals surface area (Å²) in [5.41, 5.74) is 2.67. The molecule has 1 N–H and O–H groups in total. The van der Waals surface area contributed by atoms with Gasteiger partial charge in [0.25, 0.3) is 0 Å². The van der Waals surface area contributed by atoms with Crippen LogP contribution in [0.3, 0.4) is 0 Å². The van der Waals surface area contributed by atoms with E-state index in [0.717, 1.165) is 11.1 Å². The Balaban J connectivity index is 0.00000196. The summed E-state index contributed by atoms with van der Waals surface area (Å²) >= 11 is -2.25. The van der Waals surface area contributed by atoms with Crippen molar-refractivity contribution in [3.63, 3.8) is 0 Å². The molecule has 79 valence electrons. The van der Waals surface area contributed by atoms with Crippen molar-refractivity contribution < 1.29 is 8.76 Å². The third kappa shape index (κ3) is 4.25. The molecule has 0 spiro atoms. The number of rotatable bonds is 3. The predicted octanol–water partition coefficient (Wildman–Crippen LogP) is 1.94. The van der Waals surface area contributed by atoms with E-state index in [2.05, 4.69) is 4.72 Å². The van der Waals surface area contributed by atoms with E-state index in [1.807, 2.05) is 39.0 Å². The van der Waals surface area contributed by atoms with Gasteiger partial charge in [-0.05, 0) is 24.0 Å². The van der Waals surface area contributed by atoms with Crippen LogP contribution in [0, 0.1) is 6.92 Å². The Morgan fingerprint density at radius 2 is 2.00 bits per heavy atom. The Kier molecular flexibility index (Phi) is 6.71. The second kappa shape index (κ2) is 6.66. The van der Waals surface area contributed by atoms with Crippen LogP contribution in [0.4, 0.5) is 5.69 Å². The number of para-hydroxylation sites is 1. The van der Waals surface area contributed by atoms with E-state index < -0.39 is 11.3 Å². The average molecular weight is 235 g/mol. The summed E-state index contributed by atoms with van der Waals surface area (Å²) in [4.78, 5) is 0. The fourth-order valence-electron chi connectivity index (χ4n) is 1.39. The van der Waals surface area contributed by atoms with Gasteiger partial charge in [0.2, 0.25) is 0 Å². The molecular weight excluding hydrogens is 221 g/mol. The van der Waals surface area contributed by atoms with Crippen LogP contribution in [0.2, 0.25) is 0 Å². The monoisotopic (exact) mass is 235 g/mol. The van der Waals surface area contributed by atoms with Gasteiger partial charge in [-0.3, -0.25) is 4.21 Å². The maximum Gasteiger partial charge on any atom is 0.0516 e. The molecule has 1 atom stereocenters. The smallest absolute Gasteiger partial charge is 0.0516 e. The van der Waals surface area contributed by atoms with E-state index in [-0.39, 0.29) is 29.6 Å². The predicted molar refractivity (Wildman–Crippen MR) is 63.6 cm³/mol. The molecule has 1 rings (SSSR count). The first kappa shape index (κ1) is 15.1. The summed E-state index contributed by atoms with van der Waals surface area (Å²) in [5.74, 6) is 0.306. The van der Waals surface area contributed by atoms with Gasteiger partial charge in [-0.1, -0.05) is 32.0 Å². The number of nitrogens with one attached hydrogen (secondary N) is 1. The summed E-state index contributed by atoms with van der Waals surface area (Å²) in [5, 5.41) is 0. The molecule has 0 heterocycles. The minimum absolute atomic E-state index is 0. The van der Waals surface area contributed by atoms with E-state index in [9.17, 15) is 8.76 Å². The zero-order valence-electron chi connectivity index (χ0n) is 9.53. The van der Waals surface area contributed by atoms with Crippen molar-refractivity contribution >= 4 is 46.5 Å². The summed E-state index contributed by atoms with van der Waals surface area (Å²) in [6, 6.07) is 5.76. The van der Waals surface area contributed by atoms with Crippen molar-refractivity contribution in [3.05, 3.63) is 29.3 Å². The summed E-state index contributed by atoms with van der Waals surface area (Å²) in [6.07, 6.45) is 0. The van der Waals surface area contributed by atoms with Crippen LogP contribution < -0.4 is 4.72 Å². The van der Waals surface area contributed by atoms with E-state index in [0.29, 0.717) is 11.6 Å². The number of benzene rings is 1. The van der Waals surface area contributed by atoms with E-state index >= 15 is 0 Å². The van der Waals surface area contributed by atoms with Crippen LogP contribution in [0.15, 0.2) is 18.2 Å². The molecule has 0 saturated carbocycles. The van der Waals surface area contributed by atoms with E-state index in [4.69, 9.17) is 0 Å². The maximum absolute atomic E-state index is 10.6. The Morgan fingerprint density at radius 3 is 2.47 bits per heavy atom. The molecule has 0 aromatic heterocycles. The van der Waals surface area contributed by atoms with Crippen molar-refractivity contribution in [2.24, 2.45) is 0 Å². The molecule has 0 bridgehead atoms. The first-order chi connectivity index (χ1) is 6.52. The Hall–Kier alpha value is 0.130. The largest absolute Gasteiger partial charge is 0.755 e. The van der Waals surface area contributed by atoms with Crippen molar-refractivity contribution in [3.8, 4) is 0 Å². The zero-order valence-corrected chi connectivity index (χ0v) is 12.4. The van der Waals surface area contributed by atoms with Crippen LogP contribution in [0.1, 0.15) is 30.9 Å². The molecule has 15 heavy (non-hydrogen) atoms. The van der Waals surface area contributed by atoms with Gasteiger partial charge in [-0.25, -0.2) is 0 Å². The minimum atomic E-state index is -2.25. The van der Waals surface area contributed by atoms with Gasteiger partial charge in [0, 0.05) is 40.8 Å². The maximum atomic E-state index is 10.6. The molecule has 5 heteroatoms. The normalized spacial score (nSPS) is 12.1. The Labute approximate surface area is 115 Å². The van der Waals surface area contributed by atoms with Gasteiger partial charge in [-0.2, -0.15) is 0 Å². The van der Waals surface area contributed by atoms with Crippen molar-refractivity contribution in [1.82, 2.24) is 0 Å². The number of aryl methyl sites for hydroxylation is 1. The first-order valence-corrected chi connectivity index (χ1v) is 5.55. The van der Waals surface area contributed by atoms with E-state index in [1.165, 1.54) is 0 Å². The van der Waals surface area contributed by atoms with E-state index in [1.54, 1.807) is 0 Å². The Morgan fingerprint density at radius 1 is 1.40 bits per heavy atom. The molecule has 0 fully saturated rings. The molecule has 0 saturated heterocycles. The summed E-state index contributed by atoms with van der Waals surface area (Å²) in [6.45, 7) is 5.96. The molecule has 1 radical (unpaired) electrons. The van der Waals surface area contributed by atoms with Crippen LogP contribution >= 0.6 is 0 Å². The fourth-order valence-corrected chi connectivity index (χ4v) is 1.84. The first-order valence-electron chi connectivity index (χ1n) is 4.47. The number of anilines is 1. The second-order valence-corrected chi connectivity index (χ2v) is 4.20. The minimum Gasteiger partial charge on any atom is -0.755 e. The molecule has 1 unspecified atom stereocenters. The molecule has 0 aliphatic rings.